The lowest BCUT2D eigenvalue weighted by Gasteiger charge is -2.15. The summed E-state index contributed by atoms with van der Waals surface area (Å²) in [6.45, 7) is 2.61. The van der Waals surface area contributed by atoms with Crippen LogP contribution in [0.3, 0.4) is 0 Å². The van der Waals surface area contributed by atoms with Crippen LogP contribution in [-0.4, -0.2) is 10.2 Å². The summed E-state index contributed by atoms with van der Waals surface area (Å²) in [4.78, 5) is 0. The fourth-order valence-electron chi connectivity index (χ4n) is 1.86. The van der Waals surface area contributed by atoms with Crippen LogP contribution in [0.2, 0.25) is 0 Å². The number of hydrogen-bond acceptors (Lipinski definition) is 3. The van der Waals surface area contributed by atoms with Crippen LogP contribution < -0.4 is 5.32 Å². The van der Waals surface area contributed by atoms with Gasteiger partial charge in [0.15, 0.2) is 0 Å². The van der Waals surface area contributed by atoms with E-state index in [9.17, 15) is 10.2 Å². The molecule has 0 fully saturated rings. The molecular weight excluding hydrogens is 306 g/mol. The van der Waals surface area contributed by atoms with E-state index in [2.05, 4.69) is 40.3 Å². The van der Waals surface area contributed by atoms with Gasteiger partial charge in [0.1, 0.15) is 11.5 Å². The lowest BCUT2D eigenvalue weighted by atomic mass is 10.1. The van der Waals surface area contributed by atoms with E-state index in [1.165, 1.54) is 11.6 Å². The predicted molar refractivity (Wildman–Crippen MR) is 79.2 cm³/mol. The van der Waals surface area contributed by atoms with Crippen LogP contribution >= 0.6 is 15.9 Å². The average Bonchev–Trinajstić information content (AvgIpc) is 2.37. The Labute approximate surface area is 121 Å². The molecule has 0 aliphatic heterocycles. The monoisotopic (exact) mass is 321 g/mol. The summed E-state index contributed by atoms with van der Waals surface area (Å²) in [7, 11) is 0. The molecule has 0 heterocycles. The second-order valence-corrected chi connectivity index (χ2v) is 5.39. The third-order valence-corrected chi connectivity index (χ3v) is 3.51. The van der Waals surface area contributed by atoms with E-state index >= 15 is 0 Å². The van der Waals surface area contributed by atoms with Gasteiger partial charge in [-0.3, -0.25) is 0 Å². The number of aromatic hydroxyl groups is 2. The SMILES string of the molecule is C[C@H](NCc1ccc(O)cc1O)c1cccc(Br)c1. The fourth-order valence-corrected chi connectivity index (χ4v) is 2.28. The zero-order valence-corrected chi connectivity index (χ0v) is 12.2. The predicted octanol–water partition coefficient (Wildman–Crippen LogP) is 3.71. The Morgan fingerprint density at radius 3 is 2.63 bits per heavy atom. The van der Waals surface area contributed by atoms with Gasteiger partial charge in [-0.1, -0.05) is 34.1 Å². The summed E-state index contributed by atoms with van der Waals surface area (Å²) in [5.41, 5.74) is 1.94. The Kier molecular flexibility index (Phi) is 4.45. The lowest BCUT2D eigenvalue weighted by molar-refractivity contribution is 0.441. The molecule has 2 rings (SSSR count). The van der Waals surface area contributed by atoms with E-state index in [4.69, 9.17) is 0 Å². The number of benzene rings is 2. The first kappa shape index (κ1) is 13.9. The Balaban J connectivity index is 2.02. The zero-order chi connectivity index (χ0) is 13.8. The summed E-state index contributed by atoms with van der Waals surface area (Å²) < 4.78 is 1.05. The minimum Gasteiger partial charge on any atom is -0.508 e. The van der Waals surface area contributed by atoms with Crippen molar-refractivity contribution in [3.8, 4) is 11.5 Å². The summed E-state index contributed by atoms with van der Waals surface area (Å²) >= 11 is 3.45. The molecule has 2 aromatic rings. The van der Waals surface area contributed by atoms with E-state index in [0.29, 0.717) is 6.54 Å². The lowest BCUT2D eigenvalue weighted by Crippen LogP contribution is -2.18. The average molecular weight is 322 g/mol. The highest BCUT2D eigenvalue weighted by Gasteiger charge is 2.07. The maximum atomic E-state index is 9.71. The van der Waals surface area contributed by atoms with Crippen molar-refractivity contribution < 1.29 is 10.2 Å². The fraction of sp³-hybridized carbons (Fsp3) is 0.200. The van der Waals surface area contributed by atoms with Gasteiger partial charge < -0.3 is 15.5 Å². The summed E-state index contributed by atoms with van der Waals surface area (Å²) in [6.07, 6.45) is 0. The zero-order valence-electron chi connectivity index (χ0n) is 10.6. The van der Waals surface area contributed by atoms with Crippen molar-refractivity contribution in [1.29, 1.82) is 0 Å². The number of nitrogens with one attached hydrogen (secondary N) is 1. The molecule has 0 bridgehead atoms. The van der Waals surface area contributed by atoms with Crippen LogP contribution in [0.5, 0.6) is 11.5 Å². The number of halogens is 1. The molecule has 1 atom stereocenters. The van der Waals surface area contributed by atoms with Crippen LogP contribution in [-0.2, 0) is 6.54 Å². The molecule has 0 aliphatic carbocycles. The first-order valence-electron chi connectivity index (χ1n) is 6.06. The smallest absolute Gasteiger partial charge is 0.123 e. The van der Waals surface area contributed by atoms with E-state index in [-0.39, 0.29) is 17.5 Å². The molecule has 100 valence electrons. The summed E-state index contributed by atoms with van der Waals surface area (Å²) in [5, 5.41) is 22.3. The second kappa shape index (κ2) is 6.08. The molecule has 19 heavy (non-hydrogen) atoms. The summed E-state index contributed by atoms with van der Waals surface area (Å²) in [5.74, 6) is 0.176. The van der Waals surface area contributed by atoms with Crippen molar-refractivity contribution in [2.24, 2.45) is 0 Å². The minimum absolute atomic E-state index is 0.0706. The number of hydrogen-bond donors (Lipinski definition) is 3. The van der Waals surface area contributed by atoms with E-state index in [1.807, 2.05) is 12.1 Å². The van der Waals surface area contributed by atoms with E-state index in [1.54, 1.807) is 12.1 Å². The van der Waals surface area contributed by atoms with Gasteiger partial charge in [-0.2, -0.15) is 0 Å². The molecule has 2 aromatic carbocycles. The third kappa shape index (κ3) is 3.72. The molecule has 0 amide bonds. The van der Waals surface area contributed by atoms with Crippen LogP contribution in [0, 0.1) is 0 Å². The van der Waals surface area contributed by atoms with Crippen LogP contribution in [0.4, 0.5) is 0 Å². The van der Waals surface area contributed by atoms with Gasteiger partial charge in [-0.05, 0) is 30.7 Å². The maximum absolute atomic E-state index is 9.71. The van der Waals surface area contributed by atoms with Gasteiger partial charge >= 0.3 is 0 Å². The number of phenols is 2. The molecule has 0 radical (unpaired) electrons. The molecule has 0 saturated carbocycles. The molecule has 0 saturated heterocycles. The van der Waals surface area contributed by atoms with Crippen LogP contribution in [0.1, 0.15) is 24.1 Å². The largest absolute Gasteiger partial charge is 0.508 e. The third-order valence-electron chi connectivity index (χ3n) is 3.02. The Hall–Kier alpha value is -1.52. The van der Waals surface area contributed by atoms with E-state index < -0.39 is 0 Å². The summed E-state index contributed by atoms with van der Waals surface area (Å²) in [6, 6.07) is 12.9. The van der Waals surface area contributed by atoms with Crippen molar-refractivity contribution in [3.63, 3.8) is 0 Å². The van der Waals surface area contributed by atoms with Crippen molar-refractivity contribution in [3.05, 3.63) is 58.1 Å². The van der Waals surface area contributed by atoms with Gasteiger partial charge in [-0.25, -0.2) is 0 Å². The van der Waals surface area contributed by atoms with Crippen molar-refractivity contribution in [1.82, 2.24) is 5.32 Å². The molecule has 0 aliphatic rings. The van der Waals surface area contributed by atoms with Crippen LogP contribution in [0.25, 0.3) is 0 Å². The van der Waals surface area contributed by atoms with Gasteiger partial charge in [0.25, 0.3) is 0 Å². The molecule has 0 aromatic heterocycles. The topological polar surface area (TPSA) is 52.5 Å². The Bertz CT molecular complexity index is 572. The Morgan fingerprint density at radius 1 is 1.16 bits per heavy atom. The first-order chi connectivity index (χ1) is 9.06. The van der Waals surface area contributed by atoms with Crippen LogP contribution in [0.15, 0.2) is 46.9 Å². The normalized spacial score (nSPS) is 12.3. The van der Waals surface area contributed by atoms with Gasteiger partial charge in [0.2, 0.25) is 0 Å². The van der Waals surface area contributed by atoms with Crippen molar-refractivity contribution >= 4 is 15.9 Å². The van der Waals surface area contributed by atoms with E-state index in [0.717, 1.165) is 10.0 Å². The van der Waals surface area contributed by atoms with Gasteiger partial charge in [0, 0.05) is 28.7 Å². The number of phenolic OH excluding ortho intramolecular Hbond substituents is 2. The molecule has 3 N–H and O–H groups in total. The van der Waals surface area contributed by atoms with Gasteiger partial charge in [-0.15, -0.1) is 0 Å². The minimum atomic E-state index is 0.0706. The molecule has 0 spiro atoms. The van der Waals surface area contributed by atoms with Gasteiger partial charge in [0.05, 0.1) is 0 Å². The Morgan fingerprint density at radius 2 is 1.95 bits per heavy atom. The highest BCUT2D eigenvalue weighted by atomic mass is 79.9. The number of rotatable bonds is 4. The standard InChI is InChI=1S/C15H16BrNO2/c1-10(11-3-2-4-13(16)7-11)17-9-12-5-6-14(18)8-15(12)19/h2-8,10,17-19H,9H2,1H3/t10-/m0/s1. The molecule has 4 heteroatoms. The molecule has 3 nitrogen and oxygen atoms in total. The second-order valence-electron chi connectivity index (χ2n) is 4.47. The maximum Gasteiger partial charge on any atom is 0.123 e. The quantitative estimate of drug-likeness (QED) is 0.804. The highest BCUT2D eigenvalue weighted by molar-refractivity contribution is 9.10. The molecule has 0 unspecified atom stereocenters. The van der Waals surface area contributed by atoms with Crippen molar-refractivity contribution in [2.75, 3.05) is 0 Å². The highest BCUT2D eigenvalue weighted by Crippen LogP contribution is 2.23. The molecular formula is C15H16BrNO2. The first-order valence-corrected chi connectivity index (χ1v) is 6.85. The van der Waals surface area contributed by atoms with Crippen molar-refractivity contribution in [2.45, 2.75) is 19.5 Å².